The van der Waals surface area contributed by atoms with Crippen molar-refractivity contribution in [2.45, 2.75) is 24.7 Å². The molecule has 0 aromatic heterocycles. The van der Waals surface area contributed by atoms with E-state index in [1.54, 1.807) is 36.4 Å². The van der Waals surface area contributed by atoms with E-state index in [1.807, 2.05) is 6.07 Å². The van der Waals surface area contributed by atoms with Crippen molar-refractivity contribution < 1.29 is 22.7 Å². The third-order valence-electron chi connectivity index (χ3n) is 4.71. The molecule has 0 aliphatic rings. The summed E-state index contributed by atoms with van der Waals surface area (Å²) in [5.74, 6) is 0.768. The zero-order chi connectivity index (χ0) is 23.8. The second-order valence-corrected chi connectivity index (χ2v) is 9.75. The Hall–Kier alpha value is -3.04. The lowest BCUT2D eigenvalue weighted by molar-refractivity contribution is 0.102. The molecule has 0 spiro atoms. The minimum Gasteiger partial charge on any atom is -0.497 e. The summed E-state index contributed by atoms with van der Waals surface area (Å²) in [4.78, 5) is 12.9. The first kappa shape index (κ1) is 24.6. The van der Waals surface area contributed by atoms with E-state index in [-0.39, 0.29) is 10.8 Å². The first-order valence-electron chi connectivity index (χ1n) is 10.3. The molecular weight excluding hydrogens is 508 g/mol. The van der Waals surface area contributed by atoms with Gasteiger partial charge in [0.15, 0.2) is 0 Å². The van der Waals surface area contributed by atoms with Crippen LogP contribution < -0.4 is 19.5 Å². The van der Waals surface area contributed by atoms with Gasteiger partial charge in [0.2, 0.25) is 0 Å². The standard InChI is InChI=1S/C24H25BrN2O5S/c1-3-4-15-32-23-14-5-17(25)16-22(23)24(28)26-18-8-12-21(13-9-18)33(29,30)27-19-6-10-20(31-2)11-7-19/h5-14,16,27H,3-4,15H2,1-2H3,(H,26,28). The Kier molecular flexibility index (Phi) is 8.35. The zero-order valence-corrected chi connectivity index (χ0v) is 20.7. The molecule has 33 heavy (non-hydrogen) atoms. The number of anilines is 2. The van der Waals surface area contributed by atoms with E-state index in [0.717, 1.165) is 17.3 Å². The maximum atomic E-state index is 12.8. The number of halogens is 1. The van der Waals surface area contributed by atoms with E-state index >= 15 is 0 Å². The predicted molar refractivity (Wildman–Crippen MR) is 133 cm³/mol. The van der Waals surface area contributed by atoms with Crippen LogP contribution in [0.4, 0.5) is 11.4 Å². The molecule has 3 rings (SSSR count). The van der Waals surface area contributed by atoms with Crippen molar-refractivity contribution in [2.24, 2.45) is 0 Å². The normalized spacial score (nSPS) is 11.0. The van der Waals surface area contributed by atoms with Crippen LogP contribution in [0.25, 0.3) is 0 Å². The Labute approximate surface area is 202 Å². The molecular formula is C24H25BrN2O5S. The summed E-state index contributed by atoms with van der Waals surface area (Å²) in [7, 11) is -2.25. The van der Waals surface area contributed by atoms with Crippen molar-refractivity contribution in [3.63, 3.8) is 0 Å². The molecule has 0 aliphatic carbocycles. The second kappa shape index (κ2) is 11.2. The Balaban J connectivity index is 1.71. The number of sulfonamides is 1. The Morgan fingerprint density at radius 3 is 2.27 bits per heavy atom. The highest BCUT2D eigenvalue weighted by Crippen LogP contribution is 2.25. The van der Waals surface area contributed by atoms with Gasteiger partial charge in [0.05, 0.1) is 24.2 Å². The van der Waals surface area contributed by atoms with Gasteiger partial charge in [-0.15, -0.1) is 0 Å². The third-order valence-corrected chi connectivity index (χ3v) is 6.60. The van der Waals surface area contributed by atoms with Gasteiger partial charge in [0, 0.05) is 15.8 Å². The molecule has 0 saturated heterocycles. The van der Waals surface area contributed by atoms with Crippen LogP contribution in [0.5, 0.6) is 11.5 Å². The SMILES string of the molecule is CCCCOc1ccc(Br)cc1C(=O)Nc1ccc(S(=O)(=O)Nc2ccc(OC)cc2)cc1. The number of benzene rings is 3. The summed E-state index contributed by atoms with van der Waals surface area (Å²) >= 11 is 3.38. The lowest BCUT2D eigenvalue weighted by atomic mass is 10.2. The second-order valence-electron chi connectivity index (χ2n) is 7.15. The zero-order valence-electron chi connectivity index (χ0n) is 18.3. The van der Waals surface area contributed by atoms with Crippen LogP contribution in [-0.2, 0) is 10.0 Å². The van der Waals surface area contributed by atoms with Gasteiger partial charge in [0.1, 0.15) is 11.5 Å². The van der Waals surface area contributed by atoms with Gasteiger partial charge < -0.3 is 14.8 Å². The lowest BCUT2D eigenvalue weighted by Gasteiger charge is -2.13. The van der Waals surface area contributed by atoms with Gasteiger partial charge in [-0.1, -0.05) is 29.3 Å². The molecule has 7 nitrogen and oxygen atoms in total. The first-order valence-corrected chi connectivity index (χ1v) is 12.6. The van der Waals surface area contributed by atoms with Crippen LogP contribution in [0.15, 0.2) is 76.1 Å². The smallest absolute Gasteiger partial charge is 0.261 e. The van der Waals surface area contributed by atoms with Gasteiger partial charge in [0.25, 0.3) is 15.9 Å². The molecule has 0 unspecified atom stereocenters. The number of hydrogen-bond donors (Lipinski definition) is 2. The van der Waals surface area contributed by atoms with Crippen molar-refractivity contribution in [1.82, 2.24) is 0 Å². The summed E-state index contributed by atoms with van der Waals surface area (Å²) in [5, 5.41) is 2.79. The average molecular weight is 533 g/mol. The minimum absolute atomic E-state index is 0.0716. The predicted octanol–water partition coefficient (Wildman–Crippen LogP) is 5.69. The molecule has 3 aromatic carbocycles. The Morgan fingerprint density at radius 1 is 0.970 bits per heavy atom. The Morgan fingerprint density at radius 2 is 1.64 bits per heavy atom. The van der Waals surface area contributed by atoms with E-state index in [9.17, 15) is 13.2 Å². The van der Waals surface area contributed by atoms with Crippen molar-refractivity contribution in [3.05, 3.63) is 76.8 Å². The molecule has 0 bridgehead atoms. The first-order chi connectivity index (χ1) is 15.8. The quantitative estimate of drug-likeness (QED) is 0.327. The summed E-state index contributed by atoms with van der Waals surface area (Å²) in [6.07, 6.45) is 1.87. The number of carbonyl (C=O) groups is 1. The van der Waals surface area contributed by atoms with Gasteiger partial charge in [-0.25, -0.2) is 8.42 Å². The van der Waals surface area contributed by atoms with Crippen LogP contribution in [0.3, 0.4) is 0 Å². The van der Waals surface area contributed by atoms with Gasteiger partial charge in [-0.3, -0.25) is 9.52 Å². The summed E-state index contributed by atoms with van der Waals surface area (Å²) < 4.78 is 39.4. The van der Waals surface area contributed by atoms with Crippen LogP contribution in [-0.4, -0.2) is 28.0 Å². The molecule has 0 saturated carbocycles. The maximum Gasteiger partial charge on any atom is 0.261 e. The van der Waals surface area contributed by atoms with Crippen molar-refractivity contribution >= 4 is 43.2 Å². The van der Waals surface area contributed by atoms with E-state index < -0.39 is 10.0 Å². The number of amides is 1. The molecule has 9 heteroatoms. The minimum atomic E-state index is -3.79. The highest BCUT2D eigenvalue weighted by Gasteiger charge is 2.16. The number of hydrogen-bond acceptors (Lipinski definition) is 5. The van der Waals surface area contributed by atoms with Crippen molar-refractivity contribution in [2.75, 3.05) is 23.8 Å². The number of nitrogens with one attached hydrogen (secondary N) is 2. The van der Waals surface area contributed by atoms with Crippen molar-refractivity contribution in [1.29, 1.82) is 0 Å². The molecule has 0 fully saturated rings. The molecule has 3 aromatic rings. The largest absolute Gasteiger partial charge is 0.497 e. The number of rotatable bonds is 10. The molecule has 174 valence electrons. The summed E-state index contributed by atoms with van der Waals surface area (Å²) in [6.45, 7) is 2.58. The van der Waals surface area contributed by atoms with Crippen LogP contribution in [0.2, 0.25) is 0 Å². The van der Waals surface area contributed by atoms with Gasteiger partial charge in [-0.2, -0.15) is 0 Å². The van der Waals surface area contributed by atoms with E-state index in [0.29, 0.717) is 35.0 Å². The van der Waals surface area contributed by atoms with E-state index in [1.165, 1.54) is 31.4 Å². The molecule has 0 aliphatic heterocycles. The number of methoxy groups -OCH3 is 1. The van der Waals surface area contributed by atoms with Crippen LogP contribution in [0, 0.1) is 0 Å². The molecule has 1 amide bonds. The molecule has 0 radical (unpaired) electrons. The third kappa shape index (κ3) is 6.72. The molecule has 0 atom stereocenters. The monoisotopic (exact) mass is 532 g/mol. The summed E-state index contributed by atoms with van der Waals surface area (Å²) in [5.41, 5.74) is 1.26. The van der Waals surface area contributed by atoms with Gasteiger partial charge >= 0.3 is 0 Å². The average Bonchev–Trinajstić information content (AvgIpc) is 2.80. The fraction of sp³-hybridized carbons (Fsp3) is 0.208. The van der Waals surface area contributed by atoms with E-state index in [4.69, 9.17) is 9.47 Å². The number of carbonyl (C=O) groups excluding carboxylic acids is 1. The molecule has 2 N–H and O–H groups in total. The fourth-order valence-corrected chi connectivity index (χ4v) is 4.34. The highest BCUT2D eigenvalue weighted by molar-refractivity contribution is 9.10. The highest BCUT2D eigenvalue weighted by atomic mass is 79.9. The Bertz CT molecular complexity index is 1200. The van der Waals surface area contributed by atoms with Crippen molar-refractivity contribution in [3.8, 4) is 11.5 Å². The summed E-state index contributed by atoms with van der Waals surface area (Å²) in [6, 6.07) is 17.7. The maximum absolute atomic E-state index is 12.8. The molecule has 0 heterocycles. The lowest BCUT2D eigenvalue weighted by Crippen LogP contribution is -2.15. The number of unbranched alkanes of at least 4 members (excludes halogenated alkanes) is 1. The van der Waals surface area contributed by atoms with Crippen LogP contribution >= 0.6 is 15.9 Å². The van der Waals surface area contributed by atoms with E-state index in [2.05, 4.69) is 32.9 Å². The van der Waals surface area contributed by atoms with Gasteiger partial charge in [-0.05, 0) is 73.2 Å². The van der Waals surface area contributed by atoms with Crippen LogP contribution in [0.1, 0.15) is 30.1 Å². The fourth-order valence-electron chi connectivity index (χ4n) is 2.92. The number of ether oxygens (including phenoxy) is 2. The topological polar surface area (TPSA) is 93.7 Å².